The second kappa shape index (κ2) is 4.44. The molecule has 14 heavy (non-hydrogen) atoms. The fraction of sp³-hybridized carbons (Fsp3) is 0.300. The highest BCUT2D eigenvalue weighted by molar-refractivity contribution is 6.30. The van der Waals surface area contributed by atoms with Crippen LogP contribution in [0.2, 0.25) is 5.02 Å². The van der Waals surface area contributed by atoms with Crippen LogP contribution < -0.4 is 11.5 Å². The quantitative estimate of drug-likeness (QED) is 0.798. The first-order valence-electron chi connectivity index (χ1n) is 4.30. The Balaban J connectivity index is 2.90. The van der Waals surface area contributed by atoms with Crippen LogP contribution in [0.4, 0.5) is 0 Å². The molecule has 0 aromatic heterocycles. The molecule has 0 bridgehead atoms. The van der Waals surface area contributed by atoms with Crippen LogP contribution in [-0.4, -0.2) is 5.91 Å². The normalized spacial score (nSPS) is 12.5. The second-order valence-corrected chi connectivity index (χ2v) is 3.71. The van der Waals surface area contributed by atoms with Crippen molar-refractivity contribution in [2.24, 2.45) is 11.5 Å². The van der Waals surface area contributed by atoms with Crippen LogP contribution in [0.3, 0.4) is 0 Å². The predicted octanol–water partition coefficient (Wildman–Crippen LogP) is 1.52. The minimum absolute atomic E-state index is 0.155. The lowest BCUT2D eigenvalue weighted by molar-refractivity contribution is -0.118. The van der Waals surface area contributed by atoms with Gasteiger partial charge in [-0.3, -0.25) is 4.79 Å². The van der Waals surface area contributed by atoms with Gasteiger partial charge in [0, 0.05) is 17.5 Å². The molecule has 1 atom stereocenters. The molecule has 0 saturated carbocycles. The molecule has 0 saturated heterocycles. The van der Waals surface area contributed by atoms with Gasteiger partial charge in [-0.1, -0.05) is 17.7 Å². The van der Waals surface area contributed by atoms with Crippen LogP contribution >= 0.6 is 11.6 Å². The smallest absolute Gasteiger partial charge is 0.219 e. The Morgan fingerprint density at radius 3 is 2.71 bits per heavy atom. The molecule has 1 rings (SSSR count). The first-order valence-corrected chi connectivity index (χ1v) is 4.68. The van der Waals surface area contributed by atoms with Gasteiger partial charge in [0.05, 0.1) is 0 Å². The van der Waals surface area contributed by atoms with E-state index in [9.17, 15) is 4.79 Å². The lowest BCUT2D eigenvalue weighted by Gasteiger charge is -2.12. The lowest BCUT2D eigenvalue weighted by Crippen LogP contribution is -2.21. The van der Waals surface area contributed by atoms with Crippen molar-refractivity contribution in [1.82, 2.24) is 0 Å². The van der Waals surface area contributed by atoms with E-state index in [1.54, 1.807) is 6.07 Å². The molecular weight excluding hydrogens is 200 g/mol. The second-order valence-electron chi connectivity index (χ2n) is 3.28. The third-order valence-corrected chi connectivity index (χ3v) is 2.29. The van der Waals surface area contributed by atoms with Gasteiger partial charge in [-0.15, -0.1) is 0 Å². The SMILES string of the molecule is Cc1cc(Cl)ccc1[C@H](N)CC(N)=O. The van der Waals surface area contributed by atoms with Crippen molar-refractivity contribution in [2.45, 2.75) is 19.4 Å². The Morgan fingerprint density at radius 2 is 2.21 bits per heavy atom. The highest BCUT2D eigenvalue weighted by Crippen LogP contribution is 2.21. The van der Waals surface area contributed by atoms with Crippen LogP contribution in [0, 0.1) is 6.92 Å². The number of aryl methyl sites for hydroxylation is 1. The van der Waals surface area contributed by atoms with Gasteiger partial charge >= 0.3 is 0 Å². The molecule has 1 aromatic carbocycles. The van der Waals surface area contributed by atoms with Gasteiger partial charge in [0.15, 0.2) is 0 Å². The summed E-state index contributed by atoms with van der Waals surface area (Å²) < 4.78 is 0. The third kappa shape index (κ3) is 2.72. The summed E-state index contributed by atoms with van der Waals surface area (Å²) in [4.78, 5) is 10.7. The summed E-state index contributed by atoms with van der Waals surface area (Å²) in [5.74, 6) is -0.396. The maximum absolute atomic E-state index is 10.7. The summed E-state index contributed by atoms with van der Waals surface area (Å²) in [5.41, 5.74) is 12.8. The molecular formula is C10H13ClN2O. The molecule has 76 valence electrons. The summed E-state index contributed by atoms with van der Waals surface area (Å²) >= 11 is 5.79. The Hall–Kier alpha value is -1.06. The first-order chi connectivity index (χ1) is 6.50. The van der Waals surface area contributed by atoms with Crippen LogP contribution in [-0.2, 0) is 4.79 Å². The molecule has 0 fully saturated rings. The molecule has 0 heterocycles. The van der Waals surface area contributed by atoms with Crippen molar-refractivity contribution in [3.8, 4) is 0 Å². The zero-order valence-corrected chi connectivity index (χ0v) is 8.71. The average Bonchev–Trinajstić information content (AvgIpc) is 2.01. The van der Waals surface area contributed by atoms with E-state index in [2.05, 4.69) is 0 Å². The van der Waals surface area contributed by atoms with Gasteiger partial charge in [0.2, 0.25) is 5.91 Å². The van der Waals surface area contributed by atoms with Crippen molar-refractivity contribution < 1.29 is 4.79 Å². The Morgan fingerprint density at radius 1 is 1.57 bits per heavy atom. The van der Waals surface area contributed by atoms with Crippen LogP contribution in [0.15, 0.2) is 18.2 Å². The molecule has 4 heteroatoms. The van der Waals surface area contributed by atoms with Gasteiger partial charge in [-0.25, -0.2) is 0 Å². The van der Waals surface area contributed by atoms with E-state index < -0.39 is 5.91 Å². The first kappa shape index (κ1) is 11.0. The van der Waals surface area contributed by atoms with Gasteiger partial charge in [0.25, 0.3) is 0 Å². The number of rotatable bonds is 3. The van der Waals surface area contributed by atoms with Crippen molar-refractivity contribution in [1.29, 1.82) is 0 Å². The van der Waals surface area contributed by atoms with E-state index in [0.29, 0.717) is 5.02 Å². The predicted molar refractivity (Wildman–Crippen MR) is 56.9 cm³/mol. The number of carbonyl (C=O) groups is 1. The maximum atomic E-state index is 10.7. The van der Waals surface area contributed by atoms with Crippen molar-refractivity contribution in [3.05, 3.63) is 34.3 Å². The third-order valence-electron chi connectivity index (χ3n) is 2.05. The van der Waals surface area contributed by atoms with E-state index >= 15 is 0 Å². The van der Waals surface area contributed by atoms with Crippen LogP contribution in [0.1, 0.15) is 23.6 Å². The number of hydrogen-bond acceptors (Lipinski definition) is 2. The summed E-state index contributed by atoms with van der Waals surface area (Å²) in [6.45, 7) is 1.90. The van der Waals surface area contributed by atoms with Gasteiger partial charge < -0.3 is 11.5 Å². The number of hydrogen-bond donors (Lipinski definition) is 2. The van der Waals surface area contributed by atoms with E-state index in [1.807, 2.05) is 19.1 Å². The maximum Gasteiger partial charge on any atom is 0.219 e. The molecule has 0 radical (unpaired) electrons. The summed E-state index contributed by atoms with van der Waals surface area (Å²) in [6, 6.07) is 5.05. The number of halogens is 1. The Kier molecular flexibility index (Phi) is 3.49. The topological polar surface area (TPSA) is 69.1 Å². The summed E-state index contributed by atoms with van der Waals surface area (Å²) in [5, 5.41) is 0.664. The highest BCUT2D eigenvalue weighted by Gasteiger charge is 2.11. The number of carbonyl (C=O) groups excluding carboxylic acids is 1. The molecule has 0 spiro atoms. The van der Waals surface area contributed by atoms with Gasteiger partial charge in [-0.05, 0) is 30.2 Å². The molecule has 0 aliphatic rings. The average molecular weight is 213 g/mol. The van der Waals surface area contributed by atoms with Crippen LogP contribution in [0.25, 0.3) is 0 Å². The zero-order valence-electron chi connectivity index (χ0n) is 7.96. The minimum atomic E-state index is -0.396. The zero-order chi connectivity index (χ0) is 10.7. The van der Waals surface area contributed by atoms with Crippen molar-refractivity contribution in [2.75, 3.05) is 0 Å². The monoisotopic (exact) mass is 212 g/mol. The van der Waals surface area contributed by atoms with E-state index in [0.717, 1.165) is 11.1 Å². The molecule has 1 aromatic rings. The fourth-order valence-corrected chi connectivity index (χ4v) is 1.61. The highest BCUT2D eigenvalue weighted by atomic mass is 35.5. The molecule has 0 aliphatic heterocycles. The molecule has 0 unspecified atom stereocenters. The molecule has 4 N–H and O–H groups in total. The van der Waals surface area contributed by atoms with Crippen LogP contribution in [0.5, 0.6) is 0 Å². The van der Waals surface area contributed by atoms with Gasteiger partial charge in [-0.2, -0.15) is 0 Å². The van der Waals surface area contributed by atoms with Crippen molar-refractivity contribution >= 4 is 17.5 Å². The summed E-state index contributed by atoms with van der Waals surface area (Å²) in [6.07, 6.45) is 0.155. The minimum Gasteiger partial charge on any atom is -0.370 e. The molecule has 1 amide bonds. The van der Waals surface area contributed by atoms with E-state index in [1.165, 1.54) is 0 Å². The lowest BCUT2D eigenvalue weighted by atomic mass is 9.99. The van der Waals surface area contributed by atoms with E-state index in [4.69, 9.17) is 23.1 Å². The molecule has 0 aliphatic carbocycles. The Labute approximate surface area is 88.0 Å². The standard InChI is InChI=1S/C10H13ClN2O/c1-6-4-7(11)2-3-8(6)9(12)5-10(13)14/h2-4,9H,5,12H2,1H3,(H2,13,14)/t9-/m1/s1. The number of amides is 1. The summed E-state index contributed by atoms with van der Waals surface area (Å²) in [7, 11) is 0. The fourth-order valence-electron chi connectivity index (χ4n) is 1.38. The van der Waals surface area contributed by atoms with Crippen molar-refractivity contribution in [3.63, 3.8) is 0 Å². The number of primary amides is 1. The number of benzene rings is 1. The van der Waals surface area contributed by atoms with Gasteiger partial charge in [0.1, 0.15) is 0 Å². The largest absolute Gasteiger partial charge is 0.370 e. The molecule has 3 nitrogen and oxygen atoms in total. The van der Waals surface area contributed by atoms with E-state index in [-0.39, 0.29) is 12.5 Å². The number of nitrogens with two attached hydrogens (primary N) is 2. The Bertz CT molecular complexity index is 352.